The molecule has 3 aliphatic rings. The second kappa shape index (κ2) is 20.5. The quantitative estimate of drug-likeness (QED) is 0.174. The maximum absolute atomic E-state index is 16.9. The summed E-state index contributed by atoms with van der Waals surface area (Å²) in [5.74, 6) is -5.75. The number of amides is 1. The number of pyridine rings is 1. The summed E-state index contributed by atoms with van der Waals surface area (Å²) in [7, 11) is 3.64. The Morgan fingerprint density at radius 3 is 2.47 bits per heavy atom. The number of oxazole rings is 1. The van der Waals surface area contributed by atoms with Crippen LogP contribution in [0.15, 0.2) is 39.0 Å². The topological polar surface area (TPSA) is 231 Å². The van der Waals surface area contributed by atoms with E-state index < -0.39 is 83.4 Å². The Morgan fingerprint density at radius 2 is 1.81 bits per heavy atom. The number of esters is 1. The van der Waals surface area contributed by atoms with Crippen LogP contribution < -0.4 is 5.73 Å². The van der Waals surface area contributed by atoms with Gasteiger partial charge in [0.05, 0.1) is 36.2 Å². The van der Waals surface area contributed by atoms with Crippen molar-refractivity contribution in [3.8, 4) is 11.6 Å². The van der Waals surface area contributed by atoms with Gasteiger partial charge in [0.2, 0.25) is 11.8 Å². The number of Topliss-reactive ketones (excluding diaryl/α,β-unsaturated/α-hetero) is 1. The Bertz CT molecular complexity index is 1940. The summed E-state index contributed by atoms with van der Waals surface area (Å²) in [6.07, 6.45) is -4.35. The number of rotatable bonds is 9. The molecule has 18 heteroatoms. The molecule has 1 amide bonds. The van der Waals surface area contributed by atoms with Gasteiger partial charge in [-0.15, -0.1) is 0 Å². The number of oxime groups is 1. The number of anilines is 1. The molecule has 3 aliphatic heterocycles. The van der Waals surface area contributed by atoms with Gasteiger partial charge >= 0.3 is 5.97 Å². The van der Waals surface area contributed by atoms with Crippen LogP contribution in [0.3, 0.4) is 0 Å². The van der Waals surface area contributed by atoms with Crippen molar-refractivity contribution >= 4 is 34.9 Å². The molecule has 0 spiro atoms. The number of likely N-dealkylation sites (N-methyl/N-ethyl adjacent to an activating group) is 1. The van der Waals surface area contributed by atoms with Gasteiger partial charge in [-0.2, -0.15) is 0 Å². The maximum Gasteiger partial charge on any atom is 0.351 e. The summed E-state index contributed by atoms with van der Waals surface area (Å²) in [6.45, 7) is 12.6. The van der Waals surface area contributed by atoms with Crippen LogP contribution in [-0.2, 0) is 44.8 Å². The van der Waals surface area contributed by atoms with E-state index in [1.165, 1.54) is 13.2 Å². The molecule has 344 valence electrons. The summed E-state index contributed by atoms with van der Waals surface area (Å²) >= 11 is 0. The van der Waals surface area contributed by atoms with E-state index in [2.05, 4.69) is 20.1 Å². The van der Waals surface area contributed by atoms with E-state index in [1.807, 2.05) is 39.8 Å². The SMILES string of the molecule is CCC(=O)N=C1[C@H](C)C[C@@]2(C)OC/C(=N/OCc3coc(-c4cccc(N)n4)n3)CC[C@@H]([C@H](O)[C@@H](CC)OC(=O)[C@@](C)(F)C(=O)[C@H](C)[C@H]2O[C@@H]2O[C@H](C)C[C@H](N(C)C)[C@H]2O)[C@H]1C. The molecule has 2 aromatic rings. The Balaban J connectivity index is 1.64. The monoisotopic (exact) mass is 872 g/mol. The van der Waals surface area contributed by atoms with Crippen LogP contribution in [0.25, 0.3) is 11.6 Å². The number of aliphatic imine (C=N–C) groups is 1. The second-order valence-corrected chi connectivity index (χ2v) is 17.6. The minimum atomic E-state index is -3.18. The third-order valence-corrected chi connectivity index (χ3v) is 12.5. The fraction of sp³-hybridized carbons (Fsp3) is 0.705. The molecular formula is C44H65FN6O11. The third kappa shape index (κ3) is 11.1. The van der Waals surface area contributed by atoms with Crippen LogP contribution in [-0.4, -0.2) is 129 Å². The first kappa shape index (κ1) is 48.8. The van der Waals surface area contributed by atoms with E-state index in [1.54, 1.807) is 39.0 Å². The van der Waals surface area contributed by atoms with E-state index in [4.69, 9.17) is 33.9 Å². The average molecular weight is 873 g/mol. The smallest absolute Gasteiger partial charge is 0.351 e. The van der Waals surface area contributed by atoms with Crippen molar-refractivity contribution < 1.29 is 57.2 Å². The number of hydrogen-bond donors (Lipinski definition) is 3. The van der Waals surface area contributed by atoms with Crippen molar-refractivity contribution in [1.29, 1.82) is 0 Å². The minimum absolute atomic E-state index is 0.0479. The summed E-state index contributed by atoms with van der Waals surface area (Å²) in [6, 6.07) is 4.68. The zero-order valence-corrected chi connectivity index (χ0v) is 37.6. The van der Waals surface area contributed by atoms with Gasteiger partial charge in [-0.05, 0) is 90.9 Å². The molecular weight excluding hydrogens is 808 g/mol. The molecule has 62 heavy (non-hydrogen) atoms. The predicted octanol–water partition coefficient (Wildman–Crippen LogP) is 4.86. The van der Waals surface area contributed by atoms with Crippen LogP contribution in [0.5, 0.6) is 0 Å². The molecule has 2 aromatic heterocycles. The molecule has 0 saturated carbocycles. The van der Waals surface area contributed by atoms with Gasteiger partial charge in [0.25, 0.3) is 5.67 Å². The lowest BCUT2D eigenvalue weighted by Crippen LogP contribution is -2.60. The van der Waals surface area contributed by atoms with E-state index in [-0.39, 0.29) is 63.2 Å². The molecule has 17 nitrogen and oxygen atoms in total. The van der Waals surface area contributed by atoms with Crippen LogP contribution >= 0.6 is 0 Å². The Morgan fingerprint density at radius 1 is 1.08 bits per heavy atom. The number of nitrogens with two attached hydrogens (primary N) is 1. The molecule has 0 unspecified atom stereocenters. The summed E-state index contributed by atoms with van der Waals surface area (Å²) in [5, 5.41) is 28.3. The zero-order valence-electron chi connectivity index (χ0n) is 37.6. The van der Waals surface area contributed by atoms with Crippen molar-refractivity contribution in [3.63, 3.8) is 0 Å². The minimum Gasteiger partial charge on any atom is -0.457 e. The molecule has 4 N–H and O–H groups in total. The number of aliphatic hydroxyl groups is 2. The number of ether oxygens (including phenoxy) is 4. The molecule has 13 atom stereocenters. The average Bonchev–Trinajstić information content (AvgIpc) is 3.70. The molecule has 0 radical (unpaired) electrons. The molecule has 3 fully saturated rings. The van der Waals surface area contributed by atoms with Crippen molar-refractivity contribution in [1.82, 2.24) is 14.9 Å². The highest BCUT2D eigenvalue weighted by Crippen LogP contribution is 2.41. The van der Waals surface area contributed by atoms with Gasteiger partial charge in [-0.25, -0.2) is 24.1 Å². The predicted molar refractivity (Wildman–Crippen MR) is 226 cm³/mol. The van der Waals surface area contributed by atoms with Gasteiger partial charge in [0.15, 0.2) is 18.7 Å². The van der Waals surface area contributed by atoms with Gasteiger partial charge in [-0.3, -0.25) is 9.59 Å². The first-order valence-electron chi connectivity index (χ1n) is 21.6. The number of carbonyl (C=O) groups is 3. The molecule has 5 rings (SSSR count). The summed E-state index contributed by atoms with van der Waals surface area (Å²) in [5.41, 5.74) is 2.81. The number of alkyl halides is 1. The first-order valence-corrected chi connectivity index (χ1v) is 21.6. The van der Waals surface area contributed by atoms with Gasteiger partial charge < -0.3 is 49.0 Å². The van der Waals surface area contributed by atoms with E-state index in [9.17, 15) is 24.6 Å². The number of ketones is 1. The molecule has 0 aromatic carbocycles. The number of nitrogen functional groups attached to an aromatic ring is 1. The first-order chi connectivity index (χ1) is 29.2. The zero-order chi connectivity index (χ0) is 45.7. The number of cyclic esters (lactones) is 1. The second-order valence-electron chi connectivity index (χ2n) is 17.6. The lowest BCUT2D eigenvalue weighted by atomic mass is 9.72. The Hall–Kier alpha value is -4.20. The Labute approximate surface area is 362 Å². The van der Waals surface area contributed by atoms with Crippen molar-refractivity contribution in [3.05, 3.63) is 30.2 Å². The number of hydrogen-bond acceptors (Lipinski definition) is 16. The number of halogens is 1. The highest BCUT2D eigenvalue weighted by atomic mass is 19.1. The standard InChI is InChI=1S/C44H65FN6O11/c1-11-32-36(53)29-17-16-27(50-59-22-28-20-57-40(47-28)30-14-13-15-33(46)48-30)21-58-43(7,19-23(3)35(25(29)5)49-34(52)12-2)39(26(6)38(55)44(8,45)42(56)61-32)62-41-37(54)31(51(9)10)18-24(4)60-41/h13-15,20,23-26,29,31-32,36-37,39,41,53-54H,11-12,16-19,21-22H2,1-10H3,(H2,46,48)/b49-35?,50-27+/t23-,24-,25-,26+,29-,31+,32-,36+,37-,39-,41+,43-,44+/m1/s1. The van der Waals surface area contributed by atoms with Crippen molar-refractivity contribution in [2.45, 2.75) is 155 Å². The van der Waals surface area contributed by atoms with Crippen LogP contribution in [0.2, 0.25) is 0 Å². The fourth-order valence-corrected chi connectivity index (χ4v) is 8.94. The number of aliphatic hydroxyl groups excluding tert-OH is 2. The number of nitrogens with zero attached hydrogens (tertiary/aromatic N) is 5. The molecule has 2 bridgehead atoms. The summed E-state index contributed by atoms with van der Waals surface area (Å²) in [4.78, 5) is 62.4. The van der Waals surface area contributed by atoms with Crippen molar-refractivity contribution in [2.75, 3.05) is 26.4 Å². The highest BCUT2D eigenvalue weighted by Gasteiger charge is 2.55. The lowest BCUT2D eigenvalue weighted by molar-refractivity contribution is -0.296. The van der Waals surface area contributed by atoms with Gasteiger partial charge in [0.1, 0.15) is 35.7 Å². The Kier molecular flexibility index (Phi) is 16.2. The van der Waals surface area contributed by atoms with E-state index in [0.717, 1.165) is 6.92 Å². The third-order valence-electron chi connectivity index (χ3n) is 12.5. The molecule has 3 saturated heterocycles. The number of aromatic nitrogens is 2. The lowest BCUT2D eigenvalue weighted by Gasteiger charge is -2.47. The van der Waals surface area contributed by atoms with Crippen LogP contribution in [0.4, 0.5) is 10.2 Å². The highest BCUT2D eigenvalue weighted by molar-refractivity contribution is 6.08. The number of carbonyl (C=O) groups excluding carboxylic acids is 3. The van der Waals surface area contributed by atoms with Crippen LogP contribution in [0, 0.1) is 23.7 Å². The van der Waals surface area contributed by atoms with Crippen molar-refractivity contribution in [2.24, 2.45) is 33.8 Å². The molecule has 0 aliphatic carbocycles. The van der Waals surface area contributed by atoms with E-state index in [0.29, 0.717) is 35.0 Å². The van der Waals surface area contributed by atoms with E-state index >= 15 is 4.39 Å². The molecule has 5 heterocycles. The van der Waals surface area contributed by atoms with Gasteiger partial charge in [-0.1, -0.05) is 45.8 Å². The maximum atomic E-state index is 16.9. The number of fused-ring (bicyclic) bond motifs is 5. The fourth-order valence-electron chi connectivity index (χ4n) is 8.94. The summed E-state index contributed by atoms with van der Waals surface area (Å²) < 4.78 is 47.9. The van der Waals surface area contributed by atoms with Gasteiger partial charge in [0, 0.05) is 30.0 Å². The normalized spacial score (nSPS) is 36.8. The van der Waals surface area contributed by atoms with Crippen LogP contribution in [0.1, 0.15) is 99.6 Å². The largest absolute Gasteiger partial charge is 0.457 e.